The summed E-state index contributed by atoms with van der Waals surface area (Å²) in [6, 6.07) is 9.62. The highest BCUT2D eigenvalue weighted by atomic mass is 19.4. The van der Waals surface area contributed by atoms with Gasteiger partial charge in [-0.1, -0.05) is 24.3 Å². The predicted molar refractivity (Wildman–Crippen MR) is 97.6 cm³/mol. The quantitative estimate of drug-likeness (QED) is 0.460. The fraction of sp³-hybridized carbons (Fsp3) is 0.263. The van der Waals surface area contributed by atoms with Gasteiger partial charge in [-0.25, -0.2) is 0 Å². The van der Waals surface area contributed by atoms with E-state index in [0.29, 0.717) is 17.8 Å². The van der Waals surface area contributed by atoms with Crippen LogP contribution >= 0.6 is 0 Å². The van der Waals surface area contributed by atoms with Gasteiger partial charge in [0.15, 0.2) is 0 Å². The van der Waals surface area contributed by atoms with E-state index in [4.69, 9.17) is 9.47 Å². The molecule has 0 saturated carbocycles. The third-order valence-electron chi connectivity index (χ3n) is 4.54. The number of ether oxygens (including phenoxy) is 2. The summed E-state index contributed by atoms with van der Waals surface area (Å²) in [5.74, 6) is -0.280. The minimum Gasteiger partial charge on any atom is -0.443 e. The Bertz CT molecular complexity index is 1050. The number of nitrogens with zero attached hydrogens (tertiary/aromatic N) is 4. The molecule has 0 unspecified atom stereocenters. The van der Waals surface area contributed by atoms with Gasteiger partial charge in [-0.05, 0) is 22.6 Å². The molecule has 1 atom stereocenters. The van der Waals surface area contributed by atoms with Crippen molar-refractivity contribution in [3.05, 3.63) is 70.0 Å². The van der Waals surface area contributed by atoms with Crippen LogP contribution in [-0.2, 0) is 24.1 Å². The van der Waals surface area contributed by atoms with Crippen molar-refractivity contribution in [2.75, 3.05) is 6.61 Å². The highest BCUT2D eigenvalue weighted by Gasteiger charge is 2.31. The van der Waals surface area contributed by atoms with Gasteiger partial charge in [0.25, 0.3) is 0 Å². The van der Waals surface area contributed by atoms with E-state index < -0.39 is 16.7 Å². The standard InChI is InChI=1S/C19H15F3N4O4/c20-19(21,22)14-5-6-16(23-7-14)13-3-1-12(2-4-13)10-29-15-8-25-9-17(26(27)28)24-18(25)30-11-15/h1-7,9,15H,8,10-11H2/t15-/m0/s1. The lowest BCUT2D eigenvalue weighted by atomic mass is 10.1. The summed E-state index contributed by atoms with van der Waals surface area (Å²) in [4.78, 5) is 17.9. The van der Waals surface area contributed by atoms with Crippen LogP contribution in [0.4, 0.5) is 19.0 Å². The Balaban J connectivity index is 1.35. The lowest BCUT2D eigenvalue weighted by molar-refractivity contribution is -0.389. The second-order valence-electron chi connectivity index (χ2n) is 6.66. The normalized spacial score (nSPS) is 16.0. The molecule has 0 bridgehead atoms. The van der Waals surface area contributed by atoms with E-state index in [-0.39, 0.29) is 31.1 Å². The molecular formula is C19H15F3N4O4. The molecule has 156 valence electrons. The van der Waals surface area contributed by atoms with Gasteiger partial charge in [0.2, 0.25) is 0 Å². The van der Waals surface area contributed by atoms with Gasteiger partial charge in [0, 0.05) is 16.7 Å². The summed E-state index contributed by atoms with van der Waals surface area (Å²) in [7, 11) is 0. The number of benzene rings is 1. The summed E-state index contributed by atoms with van der Waals surface area (Å²) in [6.07, 6.45) is -2.61. The van der Waals surface area contributed by atoms with Crippen molar-refractivity contribution >= 4 is 5.82 Å². The largest absolute Gasteiger partial charge is 0.443 e. The van der Waals surface area contributed by atoms with E-state index in [1.807, 2.05) is 0 Å². The van der Waals surface area contributed by atoms with E-state index in [9.17, 15) is 23.3 Å². The number of hydrogen-bond donors (Lipinski definition) is 0. The fourth-order valence-electron chi connectivity index (χ4n) is 2.98. The van der Waals surface area contributed by atoms with E-state index >= 15 is 0 Å². The average Bonchev–Trinajstić information content (AvgIpc) is 3.16. The predicted octanol–water partition coefficient (Wildman–Crippen LogP) is 3.85. The Morgan fingerprint density at radius 3 is 2.63 bits per heavy atom. The minimum atomic E-state index is -4.42. The molecular weight excluding hydrogens is 405 g/mol. The zero-order chi connectivity index (χ0) is 21.3. The zero-order valence-electron chi connectivity index (χ0n) is 15.4. The zero-order valence-corrected chi connectivity index (χ0v) is 15.4. The van der Waals surface area contributed by atoms with Crippen LogP contribution in [0.3, 0.4) is 0 Å². The van der Waals surface area contributed by atoms with Crippen molar-refractivity contribution in [3.8, 4) is 17.3 Å². The van der Waals surface area contributed by atoms with Crippen molar-refractivity contribution in [1.29, 1.82) is 0 Å². The van der Waals surface area contributed by atoms with Crippen LogP contribution in [0.25, 0.3) is 11.3 Å². The second kappa shape index (κ2) is 7.75. The van der Waals surface area contributed by atoms with Gasteiger partial charge in [-0.3, -0.25) is 9.55 Å². The summed E-state index contributed by atoms with van der Waals surface area (Å²) in [5.41, 5.74) is 1.18. The molecule has 3 aromatic rings. The Morgan fingerprint density at radius 2 is 2.00 bits per heavy atom. The maximum Gasteiger partial charge on any atom is 0.417 e. The monoisotopic (exact) mass is 420 g/mol. The lowest BCUT2D eigenvalue weighted by Gasteiger charge is -2.22. The van der Waals surface area contributed by atoms with E-state index in [1.54, 1.807) is 24.3 Å². The number of rotatable bonds is 5. The summed E-state index contributed by atoms with van der Waals surface area (Å²) >= 11 is 0. The third-order valence-corrected chi connectivity index (χ3v) is 4.54. The molecule has 0 amide bonds. The first-order valence-corrected chi connectivity index (χ1v) is 8.88. The Labute approximate surface area is 168 Å². The van der Waals surface area contributed by atoms with Gasteiger partial charge in [0.05, 0.1) is 24.4 Å². The van der Waals surface area contributed by atoms with Crippen LogP contribution in [0.5, 0.6) is 6.01 Å². The molecule has 0 radical (unpaired) electrons. The highest BCUT2D eigenvalue weighted by molar-refractivity contribution is 5.59. The minimum absolute atomic E-state index is 0.190. The molecule has 30 heavy (non-hydrogen) atoms. The molecule has 8 nitrogen and oxygen atoms in total. The molecule has 11 heteroatoms. The Hall–Kier alpha value is -3.47. The van der Waals surface area contributed by atoms with E-state index in [0.717, 1.165) is 17.8 Å². The highest BCUT2D eigenvalue weighted by Crippen LogP contribution is 2.30. The van der Waals surface area contributed by atoms with Crippen LogP contribution in [0.2, 0.25) is 0 Å². The van der Waals surface area contributed by atoms with Gasteiger partial charge in [-0.15, -0.1) is 0 Å². The number of nitro groups is 1. The number of pyridine rings is 1. The second-order valence-corrected chi connectivity index (χ2v) is 6.66. The van der Waals surface area contributed by atoms with Crippen LogP contribution in [0.1, 0.15) is 11.1 Å². The van der Waals surface area contributed by atoms with Gasteiger partial charge in [-0.2, -0.15) is 13.2 Å². The SMILES string of the molecule is O=[N+]([O-])c1cn2c(n1)OC[C@@H](OCc1ccc(-c3ccc(C(F)(F)F)cn3)cc1)C2. The van der Waals surface area contributed by atoms with E-state index in [1.165, 1.54) is 16.8 Å². The molecule has 3 heterocycles. The van der Waals surface area contributed by atoms with Crippen molar-refractivity contribution in [3.63, 3.8) is 0 Å². The molecule has 0 aliphatic carbocycles. The third kappa shape index (κ3) is 4.25. The molecule has 0 spiro atoms. The first-order chi connectivity index (χ1) is 14.3. The average molecular weight is 420 g/mol. The Kier molecular flexibility index (Phi) is 5.12. The van der Waals surface area contributed by atoms with Crippen LogP contribution in [0, 0.1) is 10.1 Å². The number of halogens is 3. The molecule has 1 aliphatic rings. The summed E-state index contributed by atoms with van der Waals surface area (Å²) in [6.45, 7) is 0.881. The van der Waals surface area contributed by atoms with Crippen molar-refractivity contribution in [2.24, 2.45) is 0 Å². The Morgan fingerprint density at radius 1 is 1.23 bits per heavy atom. The van der Waals surface area contributed by atoms with Crippen LogP contribution in [-0.4, -0.2) is 32.2 Å². The summed E-state index contributed by atoms with van der Waals surface area (Å²) < 4.78 is 50.6. The summed E-state index contributed by atoms with van der Waals surface area (Å²) in [5, 5.41) is 10.8. The topological polar surface area (TPSA) is 92.3 Å². The molecule has 0 N–H and O–H groups in total. The van der Waals surface area contributed by atoms with Gasteiger partial charge < -0.3 is 19.6 Å². The molecule has 1 aliphatic heterocycles. The van der Waals surface area contributed by atoms with Crippen LogP contribution < -0.4 is 4.74 Å². The first kappa shape index (κ1) is 19.8. The van der Waals surface area contributed by atoms with Gasteiger partial charge >= 0.3 is 18.0 Å². The smallest absolute Gasteiger partial charge is 0.417 e. The number of aromatic nitrogens is 3. The molecule has 2 aromatic heterocycles. The molecule has 1 aromatic carbocycles. The number of imidazole rings is 1. The maximum atomic E-state index is 12.6. The first-order valence-electron chi connectivity index (χ1n) is 8.88. The maximum absolute atomic E-state index is 12.6. The van der Waals surface area contributed by atoms with Crippen LogP contribution in [0.15, 0.2) is 48.8 Å². The van der Waals surface area contributed by atoms with Crippen molar-refractivity contribution in [1.82, 2.24) is 14.5 Å². The van der Waals surface area contributed by atoms with Gasteiger partial charge in [0.1, 0.15) is 18.9 Å². The van der Waals surface area contributed by atoms with E-state index in [2.05, 4.69) is 9.97 Å². The molecule has 4 rings (SSSR count). The van der Waals surface area contributed by atoms with Crippen molar-refractivity contribution in [2.45, 2.75) is 25.4 Å². The lowest BCUT2D eigenvalue weighted by Crippen LogP contribution is -2.32. The molecule has 0 saturated heterocycles. The number of hydrogen-bond acceptors (Lipinski definition) is 6. The van der Waals surface area contributed by atoms with Crippen molar-refractivity contribution < 1.29 is 27.6 Å². The number of alkyl halides is 3. The number of fused-ring (bicyclic) bond motifs is 1. The fourth-order valence-corrected chi connectivity index (χ4v) is 2.98. The molecule has 0 fully saturated rings.